The smallest absolute Gasteiger partial charge is 0.361 e. The molecule has 0 aromatic heterocycles. The Morgan fingerprint density at radius 2 is 1.48 bits per heavy atom. The highest BCUT2D eigenvalue weighted by molar-refractivity contribution is 5.70. The van der Waals surface area contributed by atoms with Gasteiger partial charge in [0.25, 0.3) is 0 Å². The maximum absolute atomic E-state index is 12.5. The predicted molar refractivity (Wildman–Crippen MR) is 133 cm³/mol. The van der Waals surface area contributed by atoms with Gasteiger partial charge in [-0.2, -0.15) is 0 Å². The third-order valence-corrected chi connectivity index (χ3v) is 6.50. The Kier molecular flexibility index (Phi) is 14.2. The minimum Gasteiger partial charge on any atom is -0.462 e. The molecule has 0 amide bonds. The highest BCUT2D eigenvalue weighted by atomic mass is 16.5. The monoisotopic (exact) mass is 430 g/mol. The van der Waals surface area contributed by atoms with Crippen LogP contribution in [0.15, 0.2) is 35.9 Å². The lowest BCUT2D eigenvalue weighted by atomic mass is 10.0. The summed E-state index contributed by atoms with van der Waals surface area (Å²) in [6.45, 7) is 14.7. The second-order valence-electron chi connectivity index (χ2n) is 9.22. The van der Waals surface area contributed by atoms with Gasteiger partial charge in [0.05, 0.1) is 26.2 Å². The second-order valence-corrected chi connectivity index (χ2v) is 9.22. The molecule has 0 unspecified atom stereocenters. The first-order valence-corrected chi connectivity index (χ1v) is 12.7. The number of carbonyl (C=O) groups excluding carboxylic acids is 1. The van der Waals surface area contributed by atoms with Gasteiger partial charge < -0.3 is 9.22 Å². The van der Waals surface area contributed by atoms with Crippen LogP contribution in [-0.4, -0.2) is 43.2 Å². The van der Waals surface area contributed by atoms with Crippen molar-refractivity contribution in [1.82, 2.24) is 0 Å². The Morgan fingerprint density at radius 3 is 2.06 bits per heavy atom. The Bertz CT molecular complexity index is 629. The van der Waals surface area contributed by atoms with Crippen molar-refractivity contribution in [2.75, 3.05) is 32.8 Å². The molecule has 0 saturated carbocycles. The molecule has 0 fully saturated rings. The number of allylic oxidation sites excluding steroid dienone is 1. The highest BCUT2D eigenvalue weighted by Gasteiger charge is 2.26. The van der Waals surface area contributed by atoms with Gasteiger partial charge in [0.2, 0.25) is 0 Å². The van der Waals surface area contributed by atoms with Crippen LogP contribution in [0.2, 0.25) is 0 Å². The fourth-order valence-electron chi connectivity index (χ4n) is 3.96. The molecule has 176 valence electrons. The maximum Gasteiger partial charge on any atom is 0.361 e. The molecule has 0 N–H and O–H groups in total. The van der Waals surface area contributed by atoms with Gasteiger partial charge in [0.1, 0.15) is 0 Å². The number of carbonyl (C=O) groups is 1. The largest absolute Gasteiger partial charge is 0.462 e. The van der Waals surface area contributed by atoms with Crippen LogP contribution >= 0.6 is 0 Å². The van der Waals surface area contributed by atoms with Crippen molar-refractivity contribution in [1.29, 1.82) is 0 Å². The number of ether oxygens (including phenoxy) is 1. The fraction of sp³-hybridized carbons (Fsp3) is 0.679. The summed E-state index contributed by atoms with van der Waals surface area (Å²) < 4.78 is 6.35. The normalized spacial score (nSPS) is 12.2. The van der Waals surface area contributed by atoms with Crippen LogP contribution < -0.4 is 0 Å². The van der Waals surface area contributed by atoms with Gasteiger partial charge in [-0.25, -0.2) is 4.79 Å². The Balaban J connectivity index is 2.38. The zero-order chi connectivity index (χ0) is 23.0. The van der Waals surface area contributed by atoms with E-state index >= 15 is 0 Å². The van der Waals surface area contributed by atoms with E-state index in [-0.39, 0.29) is 5.97 Å². The van der Waals surface area contributed by atoms with Crippen molar-refractivity contribution in [2.24, 2.45) is 0 Å². The van der Waals surface area contributed by atoms with Crippen LogP contribution in [0.3, 0.4) is 0 Å². The molecule has 0 heterocycles. The molecule has 1 rings (SSSR count). The molecule has 3 heteroatoms. The van der Waals surface area contributed by atoms with Crippen LogP contribution in [-0.2, 0) is 16.0 Å². The van der Waals surface area contributed by atoms with Gasteiger partial charge in [-0.05, 0) is 52.2 Å². The van der Waals surface area contributed by atoms with Crippen molar-refractivity contribution < 1.29 is 14.0 Å². The van der Waals surface area contributed by atoms with E-state index in [0.29, 0.717) is 13.2 Å². The second kappa shape index (κ2) is 16.1. The number of hydrogen-bond acceptors (Lipinski definition) is 2. The number of esters is 1. The number of benzene rings is 1. The molecule has 0 aliphatic rings. The Hall–Kier alpha value is -1.61. The quantitative estimate of drug-likeness (QED) is 0.115. The first-order chi connectivity index (χ1) is 14.9. The summed E-state index contributed by atoms with van der Waals surface area (Å²) in [5.74, 6) is -0.0452. The number of aryl methyl sites for hydroxylation is 1. The summed E-state index contributed by atoms with van der Waals surface area (Å²) in [7, 11) is 0. The van der Waals surface area contributed by atoms with E-state index in [1.54, 1.807) is 0 Å². The summed E-state index contributed by atoms with van der Waals surface area (Å²) in [5, 5.41) is 0. The number of nitrogens with zero attached hydrogens (tertiary/aromatic N) is 1. The van der Waals surface area contributed by atoms with Gasteiger partial charge >= 0.3 is 5.97 Å². The minimum absolute atomic E-state index is 0.0452. The summed E-state index contributed by atoms with van der Waals surface area (Å²) >= 11 is 0. The molecule has 0 spiro atoms. The number of rotatable bonds is 17. The third-order valence-electron chi connectivity index (χ3n) is 6.50. The fourth-order valence-corrected chi connectivity index (χ4v) is 3.96. The van der Waals surface area contributed by atoms with E-state index in [4.69, 9.17) is 4.74 Å². The average Bonchev–Trinajstić information content (AvgIpc) is 2.77. The van der Waals surface area contributed by atoms with Crippen molar-refractivity contribution >= 4 is 5.97 Å². The first-order valence-electron chi connectivity index (χ1n) is 12.7. The van der Waals surface area contributed by atoms with Crippen LogP contribution in [0.4, 0.5) is 0 Å². The van der Waals surface area contributed by atoms with Crippen molar-refractivity contribution in [3.8, 4) is 0 Å². The lowest BCUT2D eigenvalue weighted by Gasteiger charge is -2.35. The van der Waals surface area contributed by atoms with Crippen LogP contribution in [0.25, 0.3) is 0 Å². The molecular weight excluding hydrogens is 382 g/mol. The Morgan fingerprint density at radius 1 is 0.903 bits per heavy atom. The van der Waals surface area contributed by atoms with Gasteiger partial charge in [-0.3, -0.25) is 0 Å². The van der Waals surface area contributed by atoms with Crippen molar-refractivity contribution in [3.05, 3.63) is 47.0 Å². The molecule has 31 heavy (non-hydrogen) atoms. The summed E-state index contributed by atoms with van der Waals surface area (Å²) in [6.07, 6.45) is 13.4. The third kappa shape index (κ3) is 12.1. The van der Waals surface area contributed by atoms with Crippen molar-refractivity contribution in [3.63, 3.8) is 0 Å². The van der Waals surface area contributed by atoms with E-state index in [2.05, 4.69) is 65.0 Å². The van der Waals surface area contributed by atoms with Crippen LogP contribution in [0.1, 0.15) is 90.2 Å². The van der Waals surface area contributed by atoms with Crippen LogP contribution in [0, 0.1) is 6.92 Å². The Labute approximate surface area is 192 Å². The van der Waals surface area contributed by atoms with E-state index < -0.39 is 0 Å². The van der Waals surface area contributed by atoms with E-state index in [1.807, 2.05) is 0 Å². The molecular formula is C28H48NO2+. The topological polar surface area (TPSA) is 26.3 Å². The number of quaternary nitrogens is 1. The molecule has 1 aromatic rings. The minimum atomic E-state index is -0.0452. The van der Waals surface area contributed by atoms with E-state index in [0.717, 1.165) is 37.0 Å². The first kappa shape index (κ1) is 27.4. The zero-order valence-corrected chi connectivity index (χ0v) is 21.0. The van der Waals surface area contributed by atoms with Gasteiger partial charge in [-0.1, -0.05) is 87.3 Å². The van der Waals surface area contributed by atoms with E-state index in [9.17, 15) is 4.79 Å². The van der Waals surface area contributed by atoms with Gasteiger partial charge in [0.15, 0.2) is 6.54 Å². The molecule has 0 atom stereocenters. The number of hydrogen-bond donors (Lipinski definition) is 0. The lowest BCUT2D eigenvalue weighted by Crippen LogP contribution is -2.51. The number of likely N-dealkylation sites (N-methyl/N-ethyl adjacent to an activating group) is 1. The molecule has 1 aromatic carbocycles. The summed E-state index contributed by atoms with van der Waals surface area (Å²) in [6, 6.07) is 8.75. The molecule has 0 bridgehead atoms. The van der Waals surface area contributed by atoms with Gasteiger partial charge in [-0.15, -0.1) is 0 Å². The summed E-state index contributed by atoms with van der Waals surface area (Å²) in [5.41, 5.74) is 4.00. The standard InChI is InChI=1S/C28H48NO2/c1-6-9-10-11-12-13-14-15-22-31-28(30)24-29(7-2,8-3)21-20-26(5)23-27-18-16-25(4)17-19-27/h16-20H,6-15,21-24H2,1-5H3/q+1/b26-20-. The summed E-state index contributed by atoms with van der Waals surface area (Å²) in [4.78, 5) is 12.5. The molecule has 0 aliphatic heterocycles. The van der Waals surface area contributed by atoms with Crippen molar-refractivity contribution in [2.45, 2.75) is 92.4 Å². The molecule has 3 nitrogen and oxygen atoms in total. The molecule has 0 saturated heterocycles. The molecule has 0 aliphatic carbocycles. The number of unbranched alkanes of at least 4 members (excludes halogenated alkanes) is 7. The highest BCUT2D eigenvalue weighted by Crippen LogP contribution is 2.13. The average molecular weight is 431 g/mol. The lowest BCUT2D eigenvalue weighted by molar-refractivity contribution is -0.912. The maximum atomic E-state index is 12.5. The van der Waals surface area contributed by atoms with E-state index in [1.165, 1.54) is 61.6 Å². The van der Waals surface area contributed by atoms with Crippen LogP contribution in [0.5, 0.6) is 0 Å². The SMILES string of the molecule is CCCCCCCCCCOC(=O)C[N+](CC)(CC)C/C=C(/C)Cc1ccc(C)cc1. The zero-order valence-electron chi connectivity index (χ0n) is 21.0. The molecule has 0 radical (unpaired) electrons. The predicted octanol–water partition coefficient (Wildman–Crippen LogP) is 7.02. The van der Waals surface area contributed by atoms with Gasteiger partial charge in [0, 0.05) is 0 Å².